The summed E-state index contributed by atoms with van der Waals surface area (Å²) in [4.78, 5) is 17.8. The molecule has 0 fully saturated rings. The van der Waals surface area contributed by atoms with Gasteiger partial charge in [0.15, 0.2) is 5.82 Å². The molecule has 0 aliphatic heterocycles. The van der Waals surface area contributed by atoms with Gasteiger partial charge in [0.25, 0.3) is 5.91 Å². The van der Waals surface area contributed by atoms with Crippen molar-refractivity contribution in [3.8, 4) is 16.4 Å². The molecule has 2 N–H and O–H groups in total. The number of methoxy groups -OCH3 is 1. The Labute approximate surface area is 156 Å². The van der Waals surface area contributed by atoms with Crippen molar-refractivity contribution in [2.24, 2.45) is 0 Å². The van der Waals surface area contributed by atoms with Crippen molar-refractivity contribution < 1.29 is 9.53 Å². The first-order chi connectivity index (χ1) is 12.8. The first-order valence-corrected chi connectivity index (χ1v) is 9.22. The first kappa shape index (κ1) is 18.2. The van der Waals surface area contributed by atoms with E-state index < -0.39 is 0 Å². The summed E-state index contributed by atoms with van der Waals surface area (Å²) in [6.45, 7) is 2.54. The van der Waals surface area contributed by atoms with Gasteiger partial charge in [-0.2, -0.15) is 0 Å². The third-order valence-corrected chi connectivity index (χ3v) is 4.49. The average molecular weight is 371 g/mol. The molecule has 3 rings (SSSR count). The molecule has 0 saturated carbocycles. The number of para-hydroxylation sites is 1. The number of benzene rings is 1. The van der Waals surface area contributed by atoms with Crippen molar-refractivity contribution in [1.82, 2.24) is 25.4 Å². The van der Waals surface area contributed by atoms with Crippen LogP contribution in [0.2, 0.25) is 0 Å². The topological polar surface area (TPSA) is 81.1 Å². The Kier molecular flexibility index (Phi) is 6.48. The normalized spacial score (nSPS) is 10.8. The van der Waals surface area contributed by atoms with Crippen LogP contribution < -0.4 is 10.6 Å². The summed E-state index contributed by atoms with van der Waals surface area (Å²) in [5.41, 5.74) is 0.865. The lowest BCUT2D eigenvalue weighted by atomic mass is 10.3. The molecule has 26 heavy (non-hydrogen) atoms. The van der Waals surface area contributed by atoms with Crippen LogP contribution in [0.15, 0.2) is 47.8 Å². The molecule has 7 nitrogen and oxygen atoms in total. The number of hydrogen-bond acceptors (Lipinski definition) is 6. The third kappa shape index (κ3) is 4.54. The minimum atomic E-state index is -0.286. The Hall–Kier alpha value is -2.55. The van der Waals surface area contributed by atoms with E-state index in [1.165, 1.54) is 0 Å². The number of amides is 1. The number of carbonyl (C=O) groups is 1. The van der Waals surface area contributed by atoms with Crippen LogP contribution in [0.25, 0.3) is 16.4 Å². The summed E-state index contributed by atoms with van der Waals surface area (Å²) in [6, 6.07) is 13.6. The van der Waals surface area contributed by atoms with Gasteiger partial charge in [-0.15, -0.1) is 16.4 Å². The number of rotatable bonds is 9. The number of nitrogens with one attached hydrogen (secondary N) is 2. The highest BCUT2D eigenvalue weighted by Gasteiger charge is 2.18. The second kappa shape index (κ2) is 9.23. The Morgan fingerprint density at radius 2 is 2.00 bits per heavy atom. The van der Waals surface area contributed by atoms with E-state index in [1.807, 2.05) is 47.8 Å². The van der Waals surface area contributed by atoms with Crippen LogP contribution in [0.3, 0.4) is 0 Å². The molecule has 0 saturated heterocycles. The molecule has 2 heterocycles. The number of hydrogen-bond donors (Lipinski definition) is 2. The number of carbonyl (C=O) groups excluding carboxylic acids is 1. The maximum absolute atomic E-state index is 12.4. The van der Waals surface area contributed by atoms with Crippen molar-refractivity contribution in [3.63, 3.8) is 0 Å². The van der Waals surface area contributed by atoms with E-state index in [4.69, 9.17) is 4.74 Å². The molecule has 0 unspecified atom stereocenters. The predicted octanol–water partition coefficient (Wildman–Crippen LogP) is 1.96. The van der Waals surface area contributed by atoms with Crippen molar-refractivity contribution in [2.75, 3.05) is 33.4 Å². The van der Waals surface area contributed by atoms with E-state index in [0.717, 1.165) is 17.1 Å². The summed E-state index contributed by atoms with van der Waals surface area (Å²) in [5.74, 6) is 0.537. The van der Waals surface area contributed by atoms with Gasteiger partial charge in [0.1, 0.15) is 0 Å². The zero-order valence-corrected chi connectivity index (χ0v) is 15.3. The van der Waals surface area contributed by atoms with Crippen LogP contribution in [0, 0.1) is 0 Å². The summed E-state index contributed by atoms with van der Waals surface area (Å²) in [7, 11) is 1.66. The minimum Gasteiger partial charge on any atom is -0.383 e. The predicted molar refractivity (Wildman–Crippen MR) is 102 cm³/mol. The summed E-state index contributed by atoms with van der Waals surface area (Å²) in [5, 5.41) is 12.4. The summed E-state index contributed by atoms with van der Waals surface area (Å²) in [6.07, 6.45) is 0. The van der Waals surface area contributed by atoms with E-state index in [1.54, 1.807) is 23.1 Å². The Bertz CT molecular complexity index is 817. The van der Waals surface area contributed by atoms with Crippen LogP contribution in [-0.4, -0.2) is 54.0 Å². The van der Waals surface area contributed by atoms with Crippen molar-refractivity contribution >= 4 is 17.2 Å². The lowest BCUT2D eigenvalue weighted by Crippen LogP contribution is -2.33. The van der Waals surface area contributed by atoms with Crippen molar-refractivity contribution in [3.05, 3.63) is 53.7 Å². The van der Waals surface area contributed by atoms with Gasteiger partial charge in [0, 0.05) is 26.7 Å². The Balaban J connectivity index is 1.73. The van der Waals surface area contributed by atoms with Gasteiger partial charge < -0.3 is 15.4 Å². The van der Waals surface area contributed by atoms with Gasteiger partial charge >= 0.3 is 0 Å². The number of thiophene rings is 1. The maximum atomic E-state index is 12.4. The molecule has 0 bridgehead atoms. The van der Waals surface area contributed by atoms with Crippen LogP contribution in [0.4, 0.5) is 0 Å². The third-order valence-electron chi connectivity index (χ3n) is 3.62. The standard InChI is InChI=1S/C18H21N5O2S/c1-25-12-11-19-9-10-20-18(24)16-21-17(15-8-5-13-26-15)23(22-16)14-6-3-2-4-7-14/h2-8,13,19H,9-12H2,1H3,(H,20,24). The fraction of sp³-hybridized carbons (Fsp3) is 0.278. The van der Waals surface area contributed by atoms with Crippen LogP contribution in [0.5, 0.6) is 0 Å². The molecule has 1 amide bonds. The number of ether oxygens (including phenoxy) is 1. The molecule has 3 aromatic rings. The summed E-state index contributed by atoms with van der Waals surface area (Å²) < 4.78 is 6.67. The highest BCUT2D eigenvalue weighted by Crippen LogP contribution is 2.25. The van der Waals surface area contributed by atoms with E-state index >= 15 is 0 Å². The Morgan fingerprint density at radius 1 is 1.15 bits per heavy atom. The van der Waals surface area contributed by atoms with Gasteiger partial charge in [-0.05, 0) is 23.6 Å². The van der Waals surface area contributed by atoms with Crippen LogP contribution in [-0.2, 0) is 4.74 Å². The molecule has 0 aliphatic carbocycles. The second-order valence-corrected chi connectivity index (χ2v) is 6.43. The molecule has 0 atom stereocenters. The molecule has 1 aromatic carbocycles. The Morgan fingerprint density at radius 3 is 2.73 bits per heavy atom. The van der Waals surface area contributed by atoms with Crippen molar-refractivity contribution in [2.45, 2.75) is 0 Å². The lowest BCUT2D eigenvalue weighted by Gasteiger charge is -2.04. The molecule has 136 valence electrons. The van der Waals surface area contributed by atoms with E-state index in [0.29, 0.717) is 25.5 Å². The van der Waals surface area contributed by atoms with Gasteiger partial charge in [-0.3, -0.25) is 4.79 Å². The molecule has 0 radical (unpaired) electrons. The van der Waals surface area contributed by atoms with Gasteiger partial charge in [0.2, 0.25) is 5.82 Å². The zero-order valence-electron chi connectivity index (χ0n) is 14.5. The molecule has 0 aliphatic rings. The second-order valence-electron chi connectivity index (χ2n) is 5.48. The van der Waals surface area contributed by atoms with Gasteiger partial charge in [-0.1, -0.05) is 24.3 Å². The molecular formula is C18H21N5O2S. The van der Waals surface area contributed by atoms with E-state index in [2.05, 4.69) is 20.7 Å². The molecule has 2 aromatic heterocycles. The van der Waals surface area contributed by atoms with Gasteiger partial charge in [0.05, 0.1) is 17.2 Å². The maximum Gasteiger partial charge on any atom is 0.291 e. The monoisotopic (exact) mass is 371 g/mol. The van der Waals surface area contributed by atoms with E-state index in [9.17, 15) is 4.79 Å². The highest BCUT2D eigenvalue weighted by molar-refractivity contribution is 7.13. The fourth-order valence-electron chi connectivity index (χ4n) is 2.37. The van der Waals surface area contributed by atoms with Crippen LogP contribution in [0.1, 0.15) is 10.6 Å². The van der Waals surface area contributed by atoms with Crippen LogP contribution >= 0.6 is 11.3 Å². The highest BCUT2D eigenvalue weighted by atomic mass is 32.1. The molecular weight excluding hydrogens is 350 g/mol. The number of nitrogens with zero attached hydrogens (tertiary/aromatic N) is 3. The lowest BCUT2D eigenvalue weighted by molar-refractivity contribution is 0.0943. The number of aromatic nitrogens is 3. The minimum absolute atomic E-state index is 0.161. The smallest absolute Gasteiger partial charge is 0.291 e. The SMILES string of the molecule is COCCNCCNC(=O)c1nc(-c2cccs2)n(-c2ccccc2)n1. The van der Waals surface area contributed by atoms with Gasteiger partial charge in [-0.25, -0.2) is 9.67 Å². The van der Waals surface area contributed by atoms with Crippen molar-refractivity contribution in [1.29, 1.82) is 0 Å². The average Bonchev–Trinajstić information content (AvgIpc) is 3.34. The van der Waals surface area contributed by atoms with E-state index in [-0.39, 0.29) is 11.7 Å². The molecule has 8 heteroatoms. The quantitative estimate of drug-likeness (QED) is 0.562. The fourth-order valence-corrected chi connectivity index (χ4v) is 3.06. The largest absolute Gasteiger partial charge is 0.383 e. The molecule has 0 spiro atoms. The zero-order chi connectivity index (χ0) is 18.2. The summed E-state index contributed by atoms with van der Waals surface area (Å²) >= 11 is 1.56. The first-order valence-electron chi connectivity index (χ1n) is 8.34.